The van der Waals surface area contributed by atoms with E-state index in [0.717, 1.165) is 12.1 Å². The molecule has 2 bridgehead atoms. The van der Waals surface area contributed by atoms with E-state index in [1.807, 2.05) is 12.2 Å². The highest BCUT2D eigenvalue weighted by atomic mass is 19.1. The predicted molar refractivity (Wildman–Crippen MR) is 90.5 cm³/mol. The summed E-state index contributed by atoms with van der Waals surface area (Å²) < 4.78 is 13.0. The molecule has 1 heterocycles. The Hall–Kier alpha value is -2.37. The van der Waals surface area contributed by atoms with E-state index in [1.54, 1.807) is 17.0 Å². The molecule has 5 nitrogen and oxygen atoms in total. The Kier molecular flexibility index (Phi) is 3.98. The first kappa shape index (κ1) is 16.1. The fourth-order valence-corrected chi connectivity index (χ4v) is 4.54. The summed E-state index contributed by atoms with van der Waals surface area (Å²) in [7, 11) is 0. The molecule has 0 aromatic heterocycles. The molecular weight excluding hydrogens is 323 g/mol. The number of aliphatic carboxylic acids is 1. The summed E-state index contributed by atoms with van der Waals surface area (Å²) >= 11 is 0. The Labute approximate surface area is 145 Å². The average molecular weight is 344 g/mol. The third-order valence-corrected chi connectivity index (χ3v) is 5.81. The van der Waals surface area contributed by atoms with Crippen LogP contribution in [0.3, 0.4) is 0 Å². The number of hydrogen-bond donors (Lipinski definition) is 1. The summed E-state index contributed by atoms with van der Waals surface area (Å²) in [6.07, 6.45) is 4.75. The molecule has 6 heteroatoms. The molecular formula is C19H21FN2O3. The van der Waals surface area contributed by atoms with E-state index in [4.69, 9.17) is 0 Å². The number of amides is 1. The zero-order valence-electron chi connectivity index (χ0n) is 13.8. The Morgan fingerprint density at radius 2 is 1.56 bits per heavy atom. The van der Waals surface area contributed by atoms with Gasteiger partial charge in [-0.15, -0.1) is 0 Å². The number of nitrogens with zero attached hydrogens (tertiary/aromatic N) is 2. The lowest BCUT2D eigenvalue weighted by molar-refractivity contribution is -0.151. The van der Waals surface area contributed by atoms with Crippen LogP contribution in [0.2, 0.25) is 0 Å². The monoisotopic (exact) mass is 344 g/mol. The van der Waals surface area contributed by atoms with Crippen LogP contribution in [0.1, 0.15) is 6.42 Å². The molecule has 0 radical (unpaired) electrons. The van der Waals surface area contributed by atoms with Crippen LogP contribution >= 0.6 is 0 Å². The van der Waals surface area contributed by atoms with Crippen molar-refractivity contribution in [1.29, 1.82) is 0 Å². The van der Waals surface area contributed by atoms with Crippen molar-refractivity contribution in [3.63, 3.8) is 0 Å². The highest BCUT2D eigenvalue weighted by Crippen LogP contribution is 2.48. The minimum absolute atomic E-state index is 0.00282. The Morgan fingerprint density at radius 3 is 2.16 bits per heavy atom. The molecule has 2 aliphatic carbocycles. The second-order valence-corrected chi connectivity index (χ2v) is 7.13. The minimum Gasteiger partial charge on any atom is -0.481 e. The van der Waals surface area contributed by atoms with Gasteiger partial charge in [0.15, 0.2) is 0 Å². The Balaban J connectivity index is 1.42. The summed E-state index contributed by atoms with van der Waals surface area (Å²) in [5, 5.41) is 9.52. The molecule has 1 aromatic carbocycles. The van der Waals surface area contributed by atoms with Gasteiger partial charge < -0.3 is 14.9 Å². The van der Waals surface area contributed by atoms with Gasteiger partial charge in [-0.25, -0.2) is 4.39 Å². The number of piperazine rings is 1. The molecule has 132 valence electrons. The van der Waals surface area contributed by atoms with E-state index in [2.05, 4.69) is 4.90 Å². The molecule has 1 aliphatic heterocycles. The second-order valence-electron chi connectivity index (χ2n) is 7.13. The van der Waals surface area contributed by atoms with Crippen LogP contribution in [-0.2, 0) is 9.59 Å². The van der Waals surface area contributed by atoms with Crippen molar-refractivity contribution in [3.05, 3.63) is 42.2 Å². The summed E-state index contributed by atoms with van der Waals surface area (Å²) in [5.41, 5.74) is 0.944. The zero-order valence-corrected chi connectivity index (χ0v) is 13.8. The molecule has 1 amide bonds. The van der Waals surface area contributed by atoms with Crippen LogP contribution < -0.4 is 4.90 Å². The molecule has 1 aromatic rings. The summed E-state index contributed by atoms with van der Waals surface area (Å²) in [5.74, 6) is -2.10. The fourth-order valence-electron chi connectivity index (χ4n) is 4.54. The number of halogens is 1. The number of carbonyl (C=O) groups excluding carboxylic acids is 1. The smallest absolute Gasteiger partial charge is 0.307 e. The highest BCUT2D eigenvalue weighted by Gasteiger charge is 2.52. The lowest BCUT2D eigenvalue weighted by Gasteiger charge is -2.38. The van der Waals surface area contributed by atoms with E-state index < -0.39 is 17.8 Å². The maximum absolute atomic E-state index is 13.0. The van der Waals surface area contributed by atoms with Gasteiger partial charge in [0.25, 0.3) is 0 Å². The number of carboxylic acid groups (broad SMARTS) is 1. The van der Waals surface area contributed by atoms with Crippen LogP contribution in [0.4, 0.5) is 10.1 Å². The molecule has 25 heavy (non-hydrogen) atoms. The molecule has 0 spiro atoms. The first-order valence-corrected chi connectivity index (χ1v) is 8.75. The SMILES string of the molecule is O=C(O)[C@@H]1[C@@H](C(=O)N2CCN(c3ccc(F)cc3)CC2)[C@H]2C=C[C@@H]1C2. The van der Waals surface area contributed by atoms with Crippen molar-refractivity contribution < 1.29 is 19.1 Å². The van der Waals surface area contributed by atoms with Crippen molar-refractivity contribution in [2.75, 3.05) is 31.1 Å². The standard InChI is InChI=1S/C19H21FN2O3/c20-14-3-5-15(6-4-14)21-7-9-22(10-8-21)18(23)16-12-1-2-13(11-12)17(16)19(24)25/h1-6,12-13,16-17H,7-11H2,(H,24,25)/t12-,13+,16-,17-/m0/s1. The topological polar surface area (TPSA) is 60.9 Å². The van der Waals surface area contributed by atoms with Crippen LogP contribution in [0.25, 0.3) is 0 Å². The van der Waals surface area contributed by atoms with Crippen LogP contribution in [-0.4, -0.2) is 48.1 Å². The molecule has 3 aliphatic rings. The number of fused-ring (bicyclic) bond motifs is 2. The van der Waals surface area contributed by atoms with Gasteiger partial charge >= 0.3 is 5.97 Å². The van der Waals surface area contributed by atoms with Gasteiger partial charge in [-0.3, -0.25) is 9.59 Å². The van der Waals surface area contributed by atoms with Gasteiger partial charge in [0, 0.05) is 31.9 Å². The van der Waals surface area contributed by atoms with Gasteiger partial charge in [-0.05, 0) is 42.5 Å². The fraction of sp³-hybridized carbons (Fsp3) is 0.474. The van der Waals surface area contributed by atoms with Crippen molar-refractivity contribution in [1.82, 2.24) is 4.90 Å². The van der Waals surface area contributed by atoms with Crippen molar-refractivity contribution in [2.45, 2.75) is 6.42 Å². The molecule has 1 saturated heterocycles. The van der Waals surface area contributed by atoms with E-state index in [9.17, 15) is 19.1 Å². The van der Waals surface area contributed by atoms with Crippen LogP contribution in [0, 0.1) is 29.5 Å². The van der Waals surface area contributed by atoms with Gasteiger partial charge in [0.1, 0.15) is 5.82 Å². The lowest BCUT2D eigenvalue weighted by Crippen LogP contribution is -2.52. The van der Waals surface area contributed by atoms with Gasteiger partial charge in [0.2, 0.25) is 5.91 Å². The maximum Gasteiger partial charge on any atom is 0.307 e. The van der Waals surface area contributed by atoms with E-state index >= 15 is 0 Å². The molecule has 0 unspecified atom stereocenters. The van der Waals surface area contributed by atoms with Crippen molar-refractivity contribution >= 4 is 17.6 Å². The molecule has 2 fully saturated rings. The number of carboxylic acids is 1. The average Bonchev–Trinajstić information content (AvgIpc) is 3.23. The normalized spacial score (nSPS) is 30.8. The van der Waals surface area contributed by atoms with Gasteiger partial charge in [-0.1, -0.05) is 12.2 Å². The number of rotatable bonds is 3. The Bertz CT molecular complexity index is 710. The first-order valence-electron chi connectivity index (χ1n) is 8.75. The number of hydrogen-bond acceptors (Lipinski definition) is 3. The maximum atomic E-state index is 13.0. The van der Waals surface area contributed by atoms with Gasteiger partial charge in [0.05, 0.1) is 11.8 Å². The first-order chi connectivity index (χ1) is 12.0. The number of carbonyl (C=O) groups is 2. The summed E-state index contributed by atoms with van der Waals surface area (Å²) in [4.78, 5) is 28.5. The van der Waals surface area contributed by atoms with Crippen molar-refractivity contribution in [2.24, 2.45) is 23.7 Å². The molecule has 4 rings (SSSR count). The third kappa shape index (κ3) is 2.79. The Morgan fingerprint density at radius 1 is 0.960 bits per heavy atom. The number of anilines is 1. The zero-order chi connectivity index (χ0) is 17.6. The van der Waals surface area contributed by atoms with E-state index in [-0.39, 0.29) is 23.6 Å². The van der Waals surface area contributed by atoms with Gasteiger partial charge in [-0.2, -0.15) is 0 Å². The van der Waals surface area contributed by atoms with Crippen LogP contribution in [0.15, 0.2) is 36.4 Å². The number of allylic oxidation sites excluding steroid dienone is 2. The molecule has 4 atom stereocenters. The summed E-state index contributed by atoms with van der Waals surface area (Å²) in [6.45, 7) is 2.48. The van der Waals surface area contributed by atoms with E-state index in [1.165, 1.54) is 12.1 Å². The lowest BCUT2D eigenvalue weighted by atomic mass is 9.82. The number of benzene rings is 1. The molecule has 1 N–H and O–H groups in total. The highest BCUT2D eigenvalue weighted by molar-refractivity contribution is 5.87. The molecule has 1 saturated carbocycles. The van der Waals surface area contributed by atoms with Crippen LogP contribution in [0.5, 0.6) is 0 Å². The largest absolute Gasteiger partial charge is 0.481 e. The third-order valence-electron chi connectivity index (χ3n) is 5.81. The quantitative estimate of drug-likeness (QED) is 0.852. The second kappa shape index (κ2) is 6.17. The summed E-state index contributed by atoms with van der Waals surface area (Å²) in [6, 6.07) is 6.36. The van der Waals surface area contributed by atoms with Crippen molar-refractivity contribution in [3.8, 4) is 0 Å². The minimum atomic E-state index is -0.861. The predicted octanol–water partition coefficient (Wildman–Crippen LogP) is 2.00. The van der Waals surface area contributed by atoms with E-state index in [0.29, 0.717) is 26.2 Å².